The number of hydrogen-bond acceptors (Lipinski definition) is 7. The van der Waals surface area contributed by atoms with Gasteiger partial charge in [0.15, 0.2) is 28.1 Å². The van der Waals surface area contributed by atoms with Crippen LogP contribution >= 0.6 is 0 Å². The number of methoxy groups -OCH3 is 3. The minimum atomic E-state index is -1.36. The number of nitrogens with zero attached hydrogens (tertiary/aromatic N) is 1. The summed E-state index contributed by atoms with van der Waals surface area (Å²) in [7, 11) is 4.67. The summed E-state index contributed by atoms with van der Waals surface area (Å²) >= 11 is -1.36. The molecule has 178 valence electrons. The largest absolute Gasteiger partial charge is 0.606 e. The first-order valence-electron chi connectivity index (χ1n) is 10.7. The minimum Gasteiger partial charge on any atom is -0.606 e. The van der Waals surface area contributed by atoms with Gasteiger partial charge in [-0.3, -0.25) is 0 Å². The molecule has 0 aliphatic carbocycles. The highest BCUT2D eigenvalue weighted by Crippen LogP contribution is 2.41. The van der Waals surface area contributed by atoms with E-state index in [0.29, 0.717) is 40.2 Å². The Morgan fingerprint density at radius 3 is 2.32 bits per heavy atom. The maximum absolute atomic E-state index is 13.3. The van der Waals surface area contributed by atoms with E-state index in [1.54, 1.807) is 21.3 Å². The van der Waals surface area contributed by atoms with Gasteiger partial charge in [-0.25, -0.2) is 4.99 Å². The van der Waals surface area contributed by atoms with Gasteiger partial charge in [-0.05, 0) is 48.9 Å². The van der Waals surface area contributed by atoms with Crippen molar-refractivity contribution in [1.29, 1.82) is 0 Å². The van der Waals surface area contributed by atoms with E-state index >= 15 is 0 Å². The Hall–Kier alpha value is -3.20. The van der Waals surface area contributed by atoms with Crippen LogP contribution in [0.4, 0.5) is 0 Å². The van der Waals surface area contributed by atoms with E-state index in [9.17, 15) is 4.55 Å². The standard InChI is InChI=1S/C26H27NO6S/c1-17-9-11-19(12-10-17)34(28)24-8-6-5-7-20(24)26-27-21(15-32-26)18-13-22(30-3)25(33-16-29-2)23(14-18)31-4/h5-14,21H,15-16H2,1-4H3/t21-,34?/m1/s1. The van der Waals surface area contributed by atoms with Crippen LogP contribution in [0.1, 0.15) is 22.7 Å². The normalized spacial score (nSPS) is 15.9. The Morgan fingerprint density at radius 2 is 1.68 bits per heavy atom. The molecule has 0 radical (unpaired) electrons. The van der Waals surface area contributed by atoms with Gasteiger partial charge >= 0.3 is 0 Å². The van der Waals surface area contributed by atoms with Gasteiger partial charge in [-0.1, -0.05) is 29.8 Å². The van der Waals surface area contributed by atoms with Crippen LogP contribution in [0.15, 0.2) is 75.4 Å². The van der Waals surface area contributed by atoms with Gasteiger partial charge < -0.3 is 28.2 Å². The molecule has 0 bridgehead atoms. The van der Waals surface area contributed by atoms with Crippen molar-refractivity contribution in [2.24, 2.45) is 4.99 Å². The molecule has 1 unspecified atom stereocenters. The summed E-state index contributed by atoms with van der Waals surface area (Å²) in [6, 6.07) is 18.6. The number of aliphatic imine (C=N–C) groups is 1. The molecule has 1 heterocycles. The molecule has 0 saturated carbocycles. The van der Waals surface area contributed by atoms with Crippen molar-refractivity contribution < 1.29 is 28.2 Å². The summed E-state index contributed by atoms with van der Waals surface area (Å²) in [4.78, 5) is 6.19. The second-order valence-corrected chi connectivity index (χ2v) is 9.09. The molecule has 4 rings (SSSR count). The van der Waals surface area contributed by atoms with Crippen LogP contribution in [0, 0.1) is 6.92 Å². The first kappa shape index (κ1) is 23.9. The maximum Gasteiger partial charge on any atom is 0.222 e. The van der Waals surface area contributed by atoms with E-state index < -0.39 is 11.2 Å². The fourth-order valence-corrected chi connectivity index (χ4v) is 4.83. The molecule has 0 saturated heterocycles. The summed E-state index contributed by atoms with van der Waals surface area (Å²) in [6.45, 7) is 2.41. The smallest absolute Gasteiger partial charge is 0.222 e. The predicted molar refractivity (Wildman–Crippen MR) is 130 cm³/mol. The monoisotopic (exact) mass is 481 g/mol. The number of hydrogen-bond donors (Lipinski definition) is 0. The topological polar surface area (TPSA) is 81.6 Å². The molecule has 7 nitrogen and oxygen atoms in total. The van der Waals surface area contributed by atoms with Crippen molar-refractivity contribution in [1.82, 2.24) is 0 Å². The van der Waals surface area contributed by atoms with E-state index in [1.165, 1.54) is 0 Å². The zero-order valence-corrected chi connectivity index (χ0v) is 20.4. The zero-order valence-electron chi connectivity index (χ0n) is 19.6. The van der Waals surface area contributed by atoms with Crippen molar-refractivity contribution in [3.63, 3.8) is 0 Å². The Labute approximate surface area is 202 Å². The molecule has 0 N–H and O–H groups in total. The molecule has 0 amide bonds. The molecule has 34 heavy (non-hydrogen) atoms. The molecule has 0 fully saturated rings. The van der Waals surface area contributed by atoms with Gasteiger partial charge in [0.2, 0.25) is 11.6 Å². The van der Waals surface area contributed by atoms with Gasteiger partial charge in [0.25, 0.3) is 0 Å². The lowest BCUT2D eigenvalue weighted by Crippen LogP contribution is -2.11. The first-order chi connectivity index (χ1) is 16.5. The second kappa shape index (κ2) is 10.8. The van der Waals surface area contributed by atoms with Crippen LogP contribution < -0.4 is 14.2 Å². The maximum atomic E-state index is 13.3. The summed E-state index contributed by atoms with van der Waals surface area (Å²) < 4.78 is 41.0. The Morgan fingerprint density at radius 1 is 1.00 bits per heavy atom. The minimum absolute atomic E-state index is 0.0653. The number of ether oxygens (including phenoxy) is 5. The van der Waals surface area contributed by atoms with Crippen molar-refractivity contribution in [2.75, 3.05) is 34.7 Å². The quantitative estimate of drug-likeness (QED) is 0.326. The van der Waals surface area contributed by atoms with Crippen LogP contribution in [0.2, 0.25) is 0 Å². The lowest BCUT2D eigenvalue weighted by Gasteiger charge is -2.16. The third-order valence-corrected chi connectivity index (χ3v) is 6.85. The van der Waals surface area contributed by atoms with Crippen LogP contribution in [0.25, 0.3) is 0 Å². The summed E-state index contributed by atoms with van der Waals surface area (Å²) in [5.74, 6) is 1.93. The van der Waals surface area contributed by atoms with Crippen molar-refractivity contribution in [3.05, 3.63) is 77.4 Å². The summed E-state index contributed by atoms with van der Waals surface area (Å²) in [5, 5.41) is 0. The Kier molecular flexibility index (Phi) is 7.62. The van der Waals surface area contributed by atoms with E-state index in [2.05, 4.69) is 0 Å². The lowest BCUT2D eigenvalue weighted by molar-refractivity contribution is 0.0471. The zero-order chi connectivity index (χ0) is 24.1. The average Bonchev–Trinajstić information content (AvgIpc) is 3.37. The molecule has 1 aliphatic rings. The molecular weight excluding hydrogens is 454 g/mol. The van der Waals surface area contributed by atoms with Gasteiger partial charge in [0.05, 0.1) is 19.8 Å². The summed E-state index contributed by atoms with van der Waals surface area (Å²) in [6.07, 6.45) is 0. The van der Waals surface area contributed by atoms with Crippen molar-refractivity contribution in [2.45, 2.75) is 22.8 Å². The fraction of sp³-hybridized carbons (Fsp3) is 0.269. The van der Waals surface area contributed by atoms with Crippen LogP contribution in [-0.4, -0.2) is 45.2 Å². The average molecular weight is 482 g/mol. The van der Waals surface area contributed by atoms with Crippen molar-refractivity contribution >= 4 is 17.1 Å². The third-order valence-electron chi connectivity index (χ3n) is 5.39. The van der Waals surface area contributed by atoms with E-state index in [4.69, 9.17) is 28.7 Å². The van der Waals surface area contributed by atoms with Gasteiger partial charge in [-0.15, -0.1) is 0 Å². The molecular formula is C26H27NO6S. The summed E-state index contributed by atoms with van der Waals surface area (Å²) in [5.41, 5.74) is 2.68. The predicted octanol–water partition coefficient (Wildman–Crippen LogP) is 4.68. The SMILES string of the molecule is COCOc1c(OC)cc([C@H]2COC(c3ccccc3[S+]([O-])c3ccc(C)cc3)=N2)cc1OC. The molecule has 0 spiro atoms. The van der Waals surface area contributed by atoms with E-state index in [-0.39, 0.29) is 12.8 Å². The van der Waals surface area contributed by atoms with Crippen LogP contribution in [-0.2, 0) is 20.6 Å². The lowest BCUT2D eigenvalue weighted by atomic mass is 10.1. The van der Waals surface area contributed by atoms with E-state index in [1.807, 2.05) is 67.6 Å². The van der Waals surface area contributed by atoms with Gasteiger partial charge in [0.1, 0.15) is 12.6 Å². The highest BCUT2D eigenvalue weighted by molar-refractivity contribution is 7.91. The number of aryl methyl sites for hydroxylation is 1. The highest BCUT2D eigenvalue weighted by atomic mass is 32.2. The third kappa shape index (κ3) is 4.99. The number of rotatable bonds is 9. The van der Waals surface area contributed by atoms with Gasteiger partial charge in [0, 0.05) is 18.3 Å². The highest BCUT2D eigenvalue weighted by Gasteiger charge is 2.29. The molecule has 2 atom stereocenters. The van der Waals surface area contributed by atoms with E-state index in [0.717, 1.165) is 16.0 Å². The van der Waals surface area contributed by atoms with Crippen LogP contribution in [0.5, 0.6) is 17.2 Å². The Balaban J connectivity index is 1.66. The first-order valence-corrected chi connectivity index (χ1v) is 11.9. The molecule has 1 aliphatic heterocycles. The fourth-order valence-electron chi connectivity index (χ4n) is 3.64. The second-order valence-electron chi connectivity index (χ2n) is 7.64. The van der Waals surface area contributed by atoms with Crippen molar-refractivity contribution in [3.8, 4) is 17.2 Å². The Bertz CT molecular complexity index is 1140. The molecule has 3 aromatic rings. The number of benzene rings is 3. The molecule has 3 aromatic carbocycles. The van der Waals surface area contributed by atoms with Gasteiger partial charge in [-0.2, -0.15) is 0 Å². The van der Waals surface area contributed by atoms with Crippen LogP contribution in [0.3, 0.4) is 0 Å². The molecule has 0 aromatic heterocycles. The molecule has 8 heteroatoms.